The molecule has 0 unspecified atom stereocenters. The van der Waals surface area contributed by atoms with E-state index in [1.807, 2.05) is 18.2 Å². The van der Waals surface area contributed by atoms with E-state index in [1.54, 1.807) is 6.07 Å². The Bertz CT molecular complexity index is 1190. The summed E-state index contributed by atoms with van der Waals surface area (Å²) in [6.07, 6.45) is 2.00. The van der Waals surface area contributed by atoms with Crippen LogP contribution in [0.25, 0.3) is 11.1 Å². The molecule has 0 N–H and O–H groups in total. The number of halogens is 2. The Balaban J connectivity index is 1.42. The van der Waals surface area contributed by atoms with Crippen LogP contribution in [0.1, 0.15) is 41.2 Å². The molecule has 5 rings (SSSR count). The number of rotatable bonds is 4. The Kier molecular flexibility index (Phi) is 5.79. The van der Waals surface area contributed by atoms with Crippen molar-refractivity contribution in [3.8, 4) is 11.1 Å². The summed E-state index contributed by atoms with van der Waals surface area (Å²) in [5.41, 5.74) is 2.31. The minimum atomic E-state index is -0.573. The summed E-state index contributed by atoms with van der Waals surface area (Å²) in [6.45, 7) is 6.03. The van der Waals surface area contributed by atoms with Crippen molar-refractivity contribution in [2.45, 2.75) is 39.2 Å². The van der Waals surface area contributed by atoms with E-state index in [4.69, 9.17) is 9.72 Å². The summed E-state index contributed by atoms with van der Waals surface area (Å²) < 4.78 is 34.4. The molecule has 2 heterocycles. The number of morpholine rings is 1. The molecule has 4 nitrogen and oxygen atoms in total. The van der Waals surface area contributed by atoms with Gasteiger partial charge in [-0.15, -0.1) is 0 Å². The first kappa shape index (κ1) is 22.2. The number of ketones is 1. The molecule has 0 spiro atoms. The average Bonchev–Trinajstić information content (AvgIpc) is 3.17. The Morgan fingerprint density at radius 1 is 1.15 bits per heavy atom. The molecule has 2 aliphatic rings. The van der Waals surface area contributed by atoms with Crippen molar-refractivity contribution < 1.29 is 18.3 Å². The van der Waals surface area contributed by atoms with Gasteiger partial charge in [-0.1, -0.05) is 55.5 Å². The normalized spacial score (nSPS) is 20.1. The zero-order chi connectivity index (χ0) is 23.2. The summed E-state index contributed by atoms with van der Waals surface area (Å²) in [6, 6.07) is 11.3. The fourth-order valence-corrected chi connectivity index (χ4v) is 5.92. The summed E-state index contributed by atoms with van der Waals surface area (Å²) in [5, 5.41) is 0.857. The third-order valence-corrected chi connectivity index (χ3v) is 7.52. The molecular formula is C26H26F2N2O2S. The van der Waals surface area contributed by atoms with Gasteiger partial charge in [-0.05, 0) is 41.5 Å². The highest BCUT2D eigenvalue weighted by molar-refractivity contribution is 7.17. The first-order chi connectivity index (χ1) is 15.8. The first-order valence-corrected chi connectivity index (χ1v) is 12.0. The van der Waals surface area contributed by atoms with Gasteiger partial charge in [0.25, 0.3) is 0 Å². The van der Waals surface area contributed by atoms with Crippen molar-refractivity contribution in [3.63, 3.8) is 0 Å². The van der Waals surface area contributed by atoms with Crippen molar-refractivity contribution >= 4 is 22.3 Å². The third kappa shape index (κ3) is 4.44. The second kappa shape index (κ2) is 8.61. The van der Waals surface area contributed by atoms with Crippen LogP contribution in [0.4, 0.5) is 13.9 Å². The lowest BCUT2D eigenvalue weighted by atomic mass is 9.78. The Morgan fingerprint density at radius 3 is 2.70 bits per heavy atom. The van der Waals surface area contributed by atoms with E-state index >= 15 is 0 Å². The number of anilines is 1. The van der Waals surface area contributed by atoms with Gasteiger partial charge in [0.1, 0.15) is 11.6 Å². The molecule has 7 heteroatoms. The standard InChI is InChI=1S/C26H26F2N2O2S/c1-26(2)13-21-24(22(31)14-26)33-25(29-21)30-9-10-32-15-18(30)12-16-5-3-6-17(11-16)23-19(27)7-4-8-20(23)28/h3-8,11,18H,9-10,12-15H2,1-2H3/t18-/m0/s1. The number of hydrogen-bond acceptors (Lipinski definition) is 5. The van der Waals surface area contributed by atoms with Crippen LogP contribution in [0.15, 0.2) is 42.5 Å². The molecule has 2 aromatic carbocycles. The van der Waals surface area contributed by atoms with Crippen molar-refractivity contribution in [2.75, 3.05) is 24.7 Å². The van der Waals surface area contributed by atoms with Gasteiger partial charge in [-0.3, -0.25) is 4.79 Å². The second-order valence-electron chi connectivity index (χ2n) is 9.64. The van der Waals surface area contributed by atoms with E-state index in [0.29, 0.717) is 38.2 Å². The van der Waals surface area contributed by atoms with E-state index in [2.05, 4.69) is 18.7 Å². The fourth-order valence-electron chi connectivity index (χ4n) is 4.81. The van der Waals surface area contributed by atoms with Gasteiger partial charge in [-0.25, -0.2) is 13.8 Å². The molecule has 1 aromatic heterocycles. The molecular weight excluding hydrogens is 442 g/mol. The topological polar surface area (TPSA) is 42.4 Å². The van der Waals surface area contributed by atoms with Gasteiger partial charge in [0.15, 0.2) is 10.9 Å². The number of hydrogen-bond donors (Lipinski definition) is 0. The van der Waals surface area contributed by atoms with Crippen LogP contribution in [-0.4, -0.2) is 36.6 Å². The van der Waals surface area contributed by atoms with Crippen molar-refractivity contribution in [1.82, 2.24) is 4.98 Å². The highest BCUT2D eigenvalue weighted by atomic mass is 32.1. The molecule has 0 saturated carbocycles. The number of nitrogens with zero attached hydrogens (tertiary/aromatic N) is 2. The van der Waals surface area contributed by atoms with E-state index in [1.165, 1.54) is 29.5 Å². The largest absolute Gasteiger partial charge is 0.377 e. The summed E-state index contributed by atoms with van der Waals surface area (Å²) >= 11 is 1.48. The van der Waals surface area contributed by atoms with Gasteiger partial charge < -0.3 is 9.64 Å². The van der Waals surface area contributed by atoms with Crippen molar-refractivity contribution in [3.05, 3.63) is 70.2 Å². The van der Waals surface area contributed by atoms with Gasteiger partial charge in [0.2, 0.25) is 0 Å². The molecule has 1 aliphatic carbocycles. The SMILES string of the molecule is CC1(C)CC(=O)c2sc(N3CCOC[C@@H]3Cc3cccc(-c4c(F)cccc4F)c3)nc2C1. The van der Waals surface area contributed by atoms with Crippen molar-refractivity contribution in [1.29, 1.82) is 0 Å². The number of carbonyl (C=O) groups is 1. The molecule has 1 atom stereocenters. The molecule has 1 saturated heterocycles. The second-order valence-corrected chi connectivity index (χ2v) is 10.6. The van der Waals surface area contributed by atoms with Crippen LogP contribution in [0, 0.1) is 17.0 Å². The third-order valence-electron chi connectivity index (χ3n) is 6.35. The summed E-state index contributed by atoms with van der Waals surface area (Å²) in [5.74, 6) is -0.971. The Morgan fingerprint density at radius 2 is 1.91 bits per heavy atom. The molecule has 172 valence electrons. The van der Waals surface area contributed by atoms with Gasteiger partial charge in [0, 0.05) is 13.0 Å². The van der Waals surface area contributed by atoms with Crippen LogP contribution in [-0.2, 0) is 17.6 Å². The summed E-state index contributed by atoms with van der Waals surface area (Å²) in [7, 11) is 0. The molecule has 1 aliphatic heterocycles. The molecule has 0 amide bonds. The minimum Gasteiger partial charge on any atom is -0.377 e. The molecule has 0 bridgehead atoms. The lowest BCUT2D eigenvalue weighted by Gasteiger charge is -2.35. The Hall–Kier alpha value is -2.64. The van der Waals surface area contributed by atoms with Gasteiger partial charge >= 0.3 is 0 Å². The van der Waals surface area contributed by atoms with Crippen LogP contribution in [0.5, 0.6) is 0 Å². The van der Waals surface area contributed by atoms with Crippen LogP contribution in [0.3, 0.4) is 0 Å². The Labute approximate surface area is 196 Å². The van der Waals surface area contributed by atoms with E-state index in [-0.39, 0.29) is 22.8 Å². The number of benzene rings is 2. The van der Waals surface area contributed by atoms with Crippen LogP contribution in [0.2, 0.25) is 0 Å². The zero-order valence-corrected chi connectivity index (χ0v) is 19.6. The maximum Gasteiger partial charge on any atom is 0.186 e. The maximum atomic E-state index is 14.3. The van der Waals surface area contributed by atoms with Gasteiger partial charge in [-0.2, -0.15) is 0 Å². The lowest BCUT2D eigenvalue weighted by Crippen LogP contribution is -2.46. The number of fused-ring (bicyclic) bond motifs is 1. The molecule has 1 fully saturated rings. The maximum absolute atomic E-state index is 14.3. The van der Waals surface area contributed by atoms with Crippen LogP contribution >= 0.6 is 11.3 Å². The quantitative estimate of drug-likeness (QED) is 0.493. The number of thiazole rings is 1. The molecule has 33 heavy (non-hydrogen) atoms. The van der Waals surface area contributed by atoms with Crippen LogP contribution < -0.4 is 4.90 Å². The smallest absolute Gasteiger partial charge is 0.186 e. The average molecular weight is 469 g/mol. The van der Waals surface area contributed by atoms with Crippen molar-refractivity contribution in [2.24, 2.45) is 5.41 Å². The number of ether oxygens (including phenoxy) is 1. The van der Waals surface area contributed by atoms with Gasteiger partial charge in [0.05, 0.1) is 35.4 Å². The summed E-state index contributed by atoms with van der Waals surface area (Å²) in [4.78, 5) is 20.5. The predicted octanol–water partition coefficient (Wildman–Crippen LogP) is 5.69. The lowest BCUT2D eigenvalue weighted by molar-refractivity contribution is 0.0915. The molecule has 3 aromatic rings. The predicted molar refractivity (Wildman–Crippen MR) is 126 cm³/mol. The van der Waals surface area contributed by atoms with E-state index < -0.39 is 11.6 Å². The first-order valence-electron chi connectivity index (χ1n) is 11.2. The van der Waals surface area contributed by atoms with E-state index in [0.717, 1.165) is 27.7 Å². The van der Waals surface area contributed by atoms with E-state index in [9.17, 15) is 13.6 Å². The monoisotopic (exact) mass is 468 g/mol. The highest BCUT2D eigenvalue weighted by Gasteiger charge is 2.36. The number of carbonyl (C=O) groups excluding carboxylic acids is 1. The molecule has 0 radical (unpaired) electrons. The number of aromatic nitrogens is 1. The zero-order valence-electron chi connectivity index (χ0n) is 18.7. The minimum absolute atomic E-state index is 0.00942. The fraction of sp³-hybridized carbons (Fsp3) is 0.385. The number of Topliss-reactive ketones (excluding diaryl/α,β-unsaturated/α-hetero) is 1. The highest BCUT2D eigenvalue weighted by Crippen LogP contribution is 2.40.